The quantitative estimate of drug-likeness (QED) is 0.0735. The van der Waals surface area contributed by atoms with Crippen LogP contribution in [0.1, 0.15) is 0 Å². The second-order valence-corrected chi connectivity index (χ2v) is 8.27. The van der Waals surface area contributed by atoms with E-state index in [0.717, 1.165) is 0 Å². The molecule has 9 N–H and O–H groups in total. The van der Waals surface area contributed by atoms with Crippen LogP contribution in [0, 0.1) is 0 Å². The molecule has 2 saturated heterocycles. The molecule has 0 saturated carbocycles. The number of ether oxygens (including phenoxy) is 5. The van der Waals surface area contributed by atoms with Gasteiger partial charge in [0.05, 0.1) is 26.4 Å². The highest BCUT2D eigenvalue weighted by Gasteiger charge is 2.47. The first kappa shape index (κ1) is 27.9. The van der Waals surface area contributed by atoms with Crippen LogP contribution < -0.4 is 0 Å². The maximum atomic E-state index is 10.9. The van der Waals surface area contributed by atoms with Gasteiger partial charge in [-0.1, -0.05) is 0 Å². The summed E-state index contributed by atoms with van der Waals surface area (Å²) in [5, 5.41) is 67.9. The standard InChI is InChI=1S/C15H29O16P/c16-1-2-28-14-12(21)10(19)8(17)6(29-14)3-26-5-27-4-7-9(18)11(20)13(22)15(30-7)31-32(23,24)25/h6-22H,1-5H2,(H2,23,24,25)/t6-,7+,8+,9-,10+,11-,12-,13+,14-,15-/m1/s1. The Morgan fingerprint density at radius 3 is 1.66 bits per heavy atom. The molecule has 0 radical (unpaired) electrons. The molecule has 0 amide bonds. The van der Waals surface area contributed by atoms with E-state index in [0.29, 0.717) is 0 Å². The van der Waals surface area contributed by atoms with Crippen LogP contribution in [0.2, 0.25) is 0 Å². The fourth-order valence-corrected chi connectivity index (χ4v) is 3.47. The minimum atomic E-state index is -5.07. The van der Waals surface area contributed by atoms with Crippen molar-refractivity contribution in [3.8, 4) is 0 Å². The SMILES string of the molecule is O=P(O)(O)O[C@H]1O[C@@H](COCOC[C@H]2O[C@@H](OCCO)[C@H](O)[C@@H](O)[C@H]2O)[C@@H](O)[C@@H](O)[C@@H]1O. The number of rotatable bonds is 11. The van der Waals surface area contributed by atoms with E-state index in [1.807, 2.05) is 0 Å². The molecule has 2 rings (SSSR count). The molecule has 2 aliphatic heterocycles. The van der Waals surface area contributed by atoms with Crippen LogP contribution in [-0.2, 0) is 32.8 Å². The van der Waals surface area contributed by atoms with E-state index < -0.39 is 82.6 Å². The van der Waals surface area contributed by atoms with Crippen LogP contribution in [0.25, 0.3) is 0 Å². The van der Waals surface area contributed by atoms with Gasteiger partial charge in [-0.2, -0.15) is 0 Å². The molecular formula is C15H29O16P. The van der Waals surface area contributed by atoms with Crippen molar-refractivity contribution in [2.75, 3.05) is 33.2 Å². The molecule has 2 heterocycles. The van der Waals surface area contributed by atoms with Crippen LogP contribution in [0.4, 0.5) is 0 Å². The Labute approximate surface area is 181 Å². The smallest absolute Gasteiger partial charge is 0.394 e. The van der Waals surface area contributed by atoms with E-state index in [2.05, 4.69) is 4.52 Å². The molecule has 190 valence electrons. The lowest BCUT2D eigenvalue weighted by atomic mass is 9.99. The van der Waals surface area contributed by atoms with Crippen LogP contribution >= 0.6 is 7.82 Å². The van der Waals surface area contributed by atoms with Crippen molar-refractivity contribution < 1.29 is 78.3 Å². The minimum Gasteiger partial charge on any atom is -0.394 e. The highest BCUT2D eigenvalue weighted by Crippen LogP contribution is 2.40. The molecule has 0 aromatic heterocycles. The van der Waals surface area contributed by atoms with Gasteiger partial charge in [-0.05, 0) is 0 Å². The molecule has 32 heavy (non-hydrogen) atoms. The second kappa shape index (κ2) is 12.4. The third kappa shape index (κ3) is 7.57. The van der Waals surface area contributed by atoms with E-state index in [9.17, 15) is 35.2 Å². The average molecular weight is 496 g/mol. The molecule has 2 aliphatic rings. The molecule has 16 nitrogen and oxygen atoms in total. The highest BCUT2D eigenvalue weighted by molar-refractivity contribution is 7.46. The molecule has 0 bridgehead atoms. The summed E-state index contributed by atoms with van der Waals surface area (Å²) in [6.45, 7) is -1.80. The van der Waals surface area contributed by atoms with E-state index in [-0.39, 0.29) is 19.8 Å². The summed E-state index contributed by atoms with van der Waals surface area (Å²) in [5.41, 5.74) is 0. The van der Waals surface area contributed by atoms with Gasteiger partial charge in [-0.15, -0.1) is 0 Å². The van der Waals surface area contributed by atoms with E-state index in [4.69, 9.17) is 38.6 Å². The third-order valence-electron chi connectivity index (χ3n) is 4.68. The Kier molecular flexibility index (Phi) is 10.8. The zero-order valence-corrected chi connectivity index (χ0v) is 17.5. The first-order chi connectivity index (χ1) is 15.0. The van der Waals surface area contributed by atoms with Gasteiger partial charge < -0.3 is 69.2 Å². The average Bonchev–Trinajstić information content (AvgIpc) is 2.73. The predicted octanol–water partition coefficient (Wildman–Crippen LogP) is -5.29. The second-order valence-electron chi connectivity index (χ2n) is 7.08. The number of aliphatic hydroxyl groups is 7. The molecule has 0 aromatic rings. The number of hydrogen-bond donors (Lipinski definition) is 9. The molecule has 10 atom stereocenters. The van der Waals surface area contributed by atoms with Crippen LogP contribution in [0.3, 0.4) is 0 Å². The van der Waals surface area contributed by atoms with E-state index >= 15 is 0 Å². The molecule has 0 aromatic carbocycles. The van der Waals surface area contributed by atoms with Crippen LogP contribution in [0.5, 0.6) is 0 Å². The zero-order valence-electron chi connectivity index (χ0n) is 16.6. The maximum Gasteiger partial charge on any atom is 0.472 e. The van der Waals surface area contributed by atoms with Gasteiger partial charge >= 0.3 is 7.82 Å². The summed E-state index contributed by atoms with van der Waals surface area (Å²) >= 11 is 0. The Balaban J connectivity index is 1.79. The van der Waals surface area contributed by atoms with Crippen molar-refractivity contribution in [2.24, 2.45) is 0 Å². The number of phosphoric acid groups is 1. The van der Waals surface area contributed by atoms with Crippen molar-refractivity contribution in [1.29, 1.82) is 0 Å². The third-order valence-corrected chi connectivity index (χ3v) is 5.16. The topological polar surface area (TPSA) is 255 Å². The van der Waals surface area contributed by atoms with Gasteiger partial charge in [0, 0.05) is 0 Å². The van der Waals surface area contributed by atoms with E-state index in [1.165, 1.54) is 0 Å². The number of phosphoric ester groups is 1. The normalized spacial score (nSPS) is 41.0. The lowest BCUT2D eigenvalue weighted by Gasteiger charge is -2.40. The summed E-state index contributed by atoms with van der Waals surface area (Å²) < 4.78 is 40.8. The van der Waals surface area contributed by atoms with Crippen LogP contribution in [-0.4, -0.2) is 140 Å². The fraction of sp³-hybridized carbons (Fsp3) is 1.00. The summed E-state index contributed by atoms with van der Waals surface area (Å²) in [5.74, 6) is 0. The van der Waals surface area contributed by atoms with Gasteiger partial charge in [-0.25, -0.2) is 4.57 Å². The van der Waals surface area contributed by atoms with Gasteiger partial charge in [0.2, 0.25) is 0 Å². The fourth-order valence-electron chi connectivity index (χ4n) is 3.02. The van der Waals surface area contributed by atoms with Gasteiger partial charge in [0.15, 0.2) is 12.6 Å². The predicted molar refractivity (Wildman–Crippen MR) is 96.3 cm³/mol. The van der Waals surface area contributed by atoms with Crippen molar-refractivity contribution >= 4 is 7.82 Å². The van der Waals surface area contributed by atoms with Crippen molar-refractivity contribution in [2.45, 2.75) is 61.4 Å². The summed E-state index contributed by atoms with van der Waals surface area (Å²) in [6.07, 6.45) is -15.9. The van der Waals surface area contributed by atoms with E-state index in [1.54, 1.807) is 0 Å². The highest BCUT2D eigenvalue weighted by atomic mass is 31.2. The minimum absolute atomic E-state index is 0.182. The maximum absolute atomic E-state index is 10.9. The van der Waals surface area contributed by atoms with Gasteiger partial charge in [0.1, 0.15) is 55.6 Å². The first-order valence-corrected chi connectivity index (χ1v) is 11.0. The largest absolute Gasteiger partial charge is 0.472 e. The summed E-state index contributed by atoms with van der Waals surface area (Å²) in [7, 11) is -5.07. The molecule has 0 aliphatic carbocycles. The van der Waals surface area contributed by atoms with Crippen LogP contribution in [0.15, 0.2) is 0 Å². The Morgan fingerprint density at radius 2 is 1.19 bits per heavy atom. The lowest BCUT2D eigenvalue weighted by molar-refractivity contribution is -0.307. The number of aliphatic hydroxyl groups excluding tert-OH is 7. The summed E-state index contributed by atoms with van der Waals surface area (Å²) in [4.78, 5) is 17.7. The molecular weight excluding hydrogens is 467 g/mol. The lowest BCUT2D eigenvalue weighted by Crippen LogP contribution is -2.59. The van der Waals surface area contributed by atoms with Gasteiger partial charge in [0.25, 0.3) is 0 Å². The number of hydrogen-bond acceptors (Lipinski definition) is 14. The Morgan fingerprint density at radius 1 is 0.719 bits per heavy atom. The molecule has 0 spiro atoms. The van der Waals surface area contributed by atoms with Gasteiger partial charge in [-0.3, -0.25) is 4.52 Å². The zero-order chi connectivity index (χ0) is 24.1. The molecule has 2 fully saturated rings. The van der Waals surface area contributed by atoms with Crippen molar-refractivity contribution in [1.82, 2.24) is 0 Å². The van der Waals surface area contributed by atoms with Crippen molar-refractivity contribution in [3.05, 3.63) is 0 Å². The monoisotopic (exact) mass is 496 g/mol. The van der Waals surface area contributed by atoms with Crippen molar-refractivity contribution in [3.63, 3.8) is 0 Å². The molecule has 17 heteroatoms. The molecule has 0 unspecified atom stereocenters. The Hall–Kier alpha value is -0.370. The first-order valence-electron chi connectivity index (χ1n) is 9.47. The Bertz CT molecular complexity index is 604. The summed E-state index contributed by atoms with van der Waals surface area (Å²) in [6, 6.07) is 0.